The van der Waals surface area contributed by atoms with Gasteiger partial charge in [0.25, 0.3) is 0 Å². The summed E-state index contributed by atoms with van der Waals surface area (Å²) in [7, 11) is 1.55. The summed E-state index contributed by atoms with van der Waals surface area (Å²) >= 11 is 5.92. The molecule has 1 unspecified atom stereocenters. The molecule has 0 bridgehead atoms. The van der Waals surface area contributed by atoms with Crippen LogP contribution in [-0.2, 0) is 11.2 Å². The van der Waals surface area contributed by atoms with Crippen LogP contribution in [0, 0.1) is 0 Å². The van der Waals surface area contributed by atoms with E-state index in [-0.39, 0.29) is 24.2 Å². The summed E-state index contributed by atoms with van der Waals surface area (Å²) in [6.07, 6.45) is 0.909. The highest BCUT2D eigenvalue weighted by atomic mass is 35.5. The van der Waals surface area contributed by atoms with Crippen LogP contribution in [0.4, 0.5) is 0 Å². The van der Waals surface area contributed by atoms with Crippen molar-refractivity contribution in [1.29, 1.82) is 0 Å². The van der Waals surface area contributed by atoms with E-state index in [1.807, 2.05) is 31.2 Å². The number of benzene rings is 2. The third kappa shape index (κ3) is 5.07. The number of hydrogen-bond donors (Lipinski definition) is 1. The average molecular weight is 360 g/mol. The lowest BCUT2D eigenvalue weighted by molar-refractivity contribution is -0.121. The second kappa shape index (κ2) is 8.67. The van der Waals surface area contributed by atoms with E-state index >= 15 is 0 Å². The highest BCUT2D eigenvalue weighted by Crippen LogP contribution is 2.23. The molecule has 132 valence electrons. The molecule has 0 aromatic heterocycles. The first-order valence-electron chi connectivity index (χ1n) is 8.17. The van der Waals surface area contributed by atoms with Crippen LogP contribution >= 0.6 is 11.6 Å². The molecular formula is C20H22ClNO3. The zero-order valence-corrected chi connectivity index (χ0v) is 15.4. The molecule has 0 saturated heterocycles. The Morgan fingerprint density at radius 2 is 1.84 bits per heavy atom. The topological polar surface area (TPSA) is 55.4 Å². The highest BCUT2D eigenvalue weighted by Gasteiger charge is 2.16. The molecule has 0 heterocycles. The van der Waals surface area contributed by atoms with Crippen molar-refractivity contribution < 1.29 is 14.3 Å². The van der Waals surface area contributed by atoms with E-state index in [2.05, 4.69) is 5.32 Å². The van der Waals surface area contributed by atoms with E-state index < -0.39 is 0 Å². The van der Waals surface area contributed by atoms with E-state index in [1.54, 1.807) is 25.3 Å². The van der Waals surface area contributed by atoms with Crippen LogP contribution in [0.3, 0.4) is 0 Å². The number of halogens is 1. The molecule has 0 aliphatic heterocycles. The maximum atomic E-state index is 12.5. The van der Waals surface area contributed by atoms with Crippen LogP contribution in [-0.4, -0.2) is 18.8 Å². The first kappa shape index (κ1) is 19.0. The van der Waals surface area contributed by atoms with E-state index in [1.165, 1.54) is 6.92 Å². The maximum absolute atomic E-state index is 12.5. The smallest absolute Gasteiger partial charge is 0.225 e. The zero-order chi connectivity index (χ0) is 18.4. The van der Waals surface area contributed by atoms with Crippen LogP contribution in [0.5, 0.6) is 5.75 Å². The number of methoxy groups -OCH3 is 1. The second-order valence-corrected chi connectivity index (χ2v) is 6.28. The number of carbonyl (C=O) groups is 2. The Labute approximate surface area is 153 Å². The summed E-state index contributed by atoms with van der Waals surface area (Å²) in [5.41, 5.74) is 2.26. The Hall–Kier alpha value is -2.33. The molecule has 2 aromatic rings. The summed E-state index contributed by atoms with van der Waals surface area (Å²) in [6, 6.07) is 12.5. The molecule has 2 aromatic carbocycles. The second-order valence-electron chi connectivity index (χ2n) is 5.84. The van der Waals surface area contributed by atoms with Gasteiger partial charge in [-0.3, -0.25) is 9.59 Å². The summed E-state index contributed by atoms with van der Waals surface area (Å²) in [4.78, 5) is 24.1. The molecule has 0 saturated carbocycles. The van der Waals surface area contributed by atoms with Gasteiger partial charge >= 0.3 is 0 Å². The minimum Gasteiger partial charge on any atom is -0.496 e. The molecule has 0 fully saturated rings. The standard InChI is InChI=1S/C20H22ClNO3/c1-4-18(14-5-8-17(21)9-6-14)22-20(24)12-16-11-15(13(2)23)7-10-19(16)25-3/h5-11,18H,4,12H2,1-3H3,(H,22,24). The number of ether oxygens (including phenoxy) is 1. The quantitative estimate of drug-likeness (QED) is 0.747. The number of rotatable bonds is 7. The number of hydrogen-bond acceptors (Lipinski definition) is 3. The molecule has 0 spiro atoms. The van der Waals surface area contributed by atoms with Crippen LogP contribution in [0.1, 0.15) is 47.8 Å². The van der Waals surface area contributed by atoms with Gasteiger partial charge in [-0.2, -0.15) is 0 Å². The lowest BCUT2D eigenvalue weighted by Gasteiger charge is -2.18. The SMILES string of the molecule is CCC(NC(=O)Cc1cc(C(C)=O)ccc1OC)c1ccc(Cl)cc1. The van der Waals surface area contributed by atoms with Gasteiger partial charge in [-0.25, -0.2) is 0 Å². The van der Waals surface area contributed by atoms with E-state index in [4.69, 9.17) is 16.3 Å². The number of ketones is 1. The molecule has 0 radical (unpaired) electrons. The van der Waals surface area contributed by atoms with Gasteiger partial charge < -0.3 is 10.1 Å². The number of carbonyl (C=O) groups excluding carboxylic acids is 2. The lowest BCUT2D eigenvalue weighted by Crippen LogP contribution is -2.29. The first-order chi connectivity index (χ1) is 11.9. The Morgan fingerprint density at radius 3 is 2.40 bits per heavy atom. The minimum atomic E-state index is -0.124. The Kier molecular flexibility index (Phi) is 6.59. The van der Waals surface area contributed by atoms with Gasteiger partial charge in [-0.15, -0.1) is 0 Å². The summed E-state index contributed by atoms with van der Waals surface area (Å²) < 4.78 is 5.30. The number of Topliss-reactive ketones (excluding diaryl/α,β-unsaturated/α-hetero) is 1. The predicted octanol–water partition coefficient (Wildman–Crippen LogP) is 4.36. The van der Waals surface area contributed by atoms with Crippen molar-refractivity contribution in [2.75, 3.05) is 7.11 Å². The van der Waals surface area contributed by atoms with Crippen molar-refractivity contribution in [3.8, 4) is 5.75 Å². The highest BCUT2D eigenvalue weighted by molar-refractivity contribution is 6.30. The summed E-state index contributed by atoms with van der Waals surface area (Å²) in [6.45, 7) is 3.51. The van der Waals surface area contributed by atoms with Crippen molar-refractivity contribution in [1.82, 2.24) is 5.32 Å². The van der Waals surface area contributed by atoms with Crippen LogP contribution in [0.15, 0.2) is 42.5 Å². The Morgan fingerprint density at radius 1 is 1.16 bits per heavy atom. The van der Waals surface area contributed by atoms with Gasteiger partial charge in [0.05, 0.1) is 19.6 Å². The molecule has 25 heavy (non-hydrogen) atoms. The summed E-state index contributed by atoms with van der Waals surface area (Å²) in [5.74, 6) is 0.428. The Balaban J connectivity index is 2.14. The largest absolute Gasteiger partial charge is 0.496 e. The molecular weight excluding hydrogens is 338 g/mol. The van der Waals surface area contributed by atoms with Crippen molar-refractivity contribution in [3.63, 3.8) is 0 Å². The van der Waals surface area contributed by atoms with Gasteiger partial charge in [0.2, 0.25) is 5.91 Å². The lowest BCUT2D eigenvalue weighted by atomic mass is 10.0. The van der Waals surface area contributed by atoms with E-state index in [9.17, 15) is 9.59 Å². The van der Waals surface area contributed by atoms with E-state index in [0.29, 0.717) is 21.9 Å². The molecule has 5 heteroatoms. The average Bonchev–Trinajstić information content (AvgIpc) is 2.60. The van der Waals surface area contributed by atoms with Crippen LogP contribution in [0.25, 0.3) is 0 Å². The first-order valence-corrected chi connectivity index (χ1v) is 8.55. The monoisotopic (exact) mass is 359 g/mol. The fourth-order valence-electron chi connectivity index (χ4n) is 2.67. The normalized spacial score (nSPS) is 11.7. The van der Waals surface area contributed by atoms with Crippen molar-refractivity contribution in [3.05, 3.63) is 64.2 Å². The maximum Gasteiger partial charge on any atom is 0.225 e. The molecule has 1 N–H and O–H groups in total. The van der Waals surface area contributed by atoms with Crippen molar-refractivity contribution in [2.45, 2.75) is 32.7 Å². The molecule has 2 rings (SSSR count). The van der Waals surface area contributed by atoms with Crippen molar-refractivity contribution in [2.24, 2.45) is 0 Å². The molecule has 1 atom stereocenters. The molecule has 4 nitrogen and oxygen atoms in total. The number of nitrogens with one attached hydrogen (secondary N) is 1. The van der Waals surface area contributed by atoms with Gasteiger partial charge in [-0.05, 0) is 49.2 Å². The van der Waals surface area contributed by atoms with Gasteiger partial charge in [0.1, 0.15) is 5.75 Å². The predicted molar refractivity (Wildman–Crippen MR) is 99.3 cm³/mol. The third-order valence-electron chi connectivity index (χ3n) is 4.05. The van der Waals surface area contributed by atoms with Crippen molar-refractivity contribution >= 4 is 23.3 Å². The number of amides is 1. The summed E-state index contributed by atoms with van der Waals surface area (Å²) in [5, 5.41) is 3.69. The molecule has 0 aliphatic carbocycles. The van der Waals surface area contributed by atoms with Gasteiger partial charge in [-0.1, -0.05) is 30.7 Å². The van der Waals surface area contributed by atoms with Gasteiger partial charge in [0, 0.05) is 16.1 Å². The van der Waals surface area contributed by atoms with Crippen LogP contribution in [0.2, 0.25) is 5.02 Å². The molecule has 0 aliphatic rings. The van der Waals surface area contributed by atoms with Crippen LogP contribution < -0.4 is 10.1 Å². The fourth-order valence-corrected chi connectivity index (χ4v) is 2.80. The molecule has 1 amide bonds. The van der Waals surface area contributed by atoms with Gasteiger partial charge in [0.15, 0.2) is 5.78 Å². The van der Waals surface area contributed by atoms with E-state index in [0.717, 1.165) is 12.0 Å². The zero-order valence-electron chi connectivity index (χ0n) is 14.6. The fraction of sp³-hybridized carbons (Fsp3) is 0.300. The minimum absolute atomic E-state index is 0.0445. The third-order valence-corrected chi connectivity index (χ3v) is 4.31. The Bertz CT molecular complexity index is 756.